The van der Waals surface area contributed by atoms with E-state index in [9.17, 15) is 4.79 Å². The van der Waals surface area contributed by atoms with Gasteiger partial charge in [0.15, 0.2) is 0 Å². The van der Waals surface area contributed by atoms with Gasteiger partial charge in [-0.15, -0.1) is 10.2 Å². The van der Waals surface area contributed by atoms with Crippen LogP contribution < -0.4 is 10.9 Å². The van der Waals surface area contributed by atoms with Gasteiger partial charge in [0.05, 0.1) is 17.9 Å². The third-order valence-corrected chi connectivity index (χ3v) is 3.27. The van der Waals surface area contributed by atoms with Crippen molar-refractivity contribution in [3.05, 3.63) is 33.7 Å². The molecule has 0 radical (unpaired) electrons. The molecular weight excluding hydrogens is 280 g/mol. The second-order valence-corrected chi connectivity index (χ2v) is 5.13. The topological polar surface area (TPSA) is 77.6 Å². The monoisotopic (exact) mass is 296 g/mol. The van der Waals surface area contributed by atoms with Crippen LogP contribution in [0.25, 0.3) is 0 Å². The third-order valence-electron chi connectivity index (χ3n) is 2.90. The molecule has 0 fully saturated rings. The maximum atomic E-state index is 12.0. The maximum absolute atomic E-state index is 12.0. The highest BCUT2D eigenvalue weighted by molar-refractivity contribution is 6.32. The molecule has 0 saturated carbocycles. The van der Waals surface area contributed by atoms with Crippen LogP contribution in [0.1, 0.15) is 25.7 Å². The van der Waals surface area contributed by atoms with E-state index in [0.29, 0.717) is 18.7 Å². The molecule has 0 bridgehead atoms. The first-order chi connectivity index (χ1) is 9.50. The lowest BCUT2D eigenvalue weighted by atomic mass is 10.3. The SMILES string of the molecule is CC(C)n1ncc(NCCc2nncn2C)c(Cl)c1=O. The van der Waals surface area contributed by atoms with E-state index in [1.54, 1.807) is 12.5 Å². The van der Waals surface area contributed by atoms with Gasteiger partial charge in [-0.05, 0) is 13.8 Å². The Morgan fingerprint density at radius 1 is 1.45 bits per heavy atom. The summed E-state index contributed by atoms with van der Waals surface area (Å²) < 4.78 is 3.20. The molecule has 2 aromatic heterocycles. The number of aryl methyl sites for hydroxylation is 1. The zero-order chi connectivity index (χ0) is 14.7. The van der Waals surface area contributed by atoms with Gasteiger partial charge < -0.3 is 9.88 Å². The number of nitrogens with one attached hydrogen (secondary N) is 1. The molecule has 1 N–H and O–H groups in total. The summed E-state index contributed by atoms with van der Waals surface area (Å²) in [7, 11) is 1.88. The standard InChI is InChI=1S/C12H17ClN6O/c1-8(2)19-12(20)11(13)9(6-16-19)14-5-4-10-17-15-7-18(10)3/h6-8,14H,4-5H2,1-3H3. The molecule has 0 aromatic carbocycles. The number of anilines is 1. The van der Waals surface area contributed by atoms with Gasteiger partial charge in [-0.3, -0.25) is 4.79 Å². The van der Waals surface area contributed by atoms with E-state index in [1.165, 1.54) is 4.68 Å². The van der Waals surface area contributed by atoms with E-state index < -0.39 is 0 Å². The Bertz CT molecular complexity index is 648. The van der Waals surface area contributed by atoms with Crippen molar-refractivity contribution in [2.75, 3.05) is 11.9 Å². The average molecular weight is 297 g/mol. The summed E-state index contributed by atoms with van der Waals surface area (Å²) in [6.45, 7) is 4.36. The maximum Gasteiger partial charge on any atom is 0.287 e. The van der Waals surface area contributed by atoms with Crippen molar-refractivity contribution < 1.29 is 0 Å². The summed E-state index contributed by atoms with van der Waals surface area (Å²) in [5.74, 6) is 0.858. The Kier molecular flexibility index (Phi) is 4.39. The predicted octanol–water partition coefficient (Wildman–Crippen LogP) is 1.26. The van der Waals surface area contributed by atoms with Crippen LogP contribution in [0.3, 0.4) is 0 Å². The van der Waals surface area contributed by atoms with Gasteiger partial charge >= 0.3 is 0 Å². The molecule has 8 heteroatoms. The van der Waals surface area contributed by atoms with E-state index in [0.717, 1.165) is 5.82 Å². The Morgan fingerprint density at radius 2 is 2.20 bits per heavy atom. The van der Waals surface area contributed by atoms with Gasteiger partial charge in [-0.2, -0.15) is 5.10 Å². The van der Waals surface area contributed by atoms with E-state index in [1.807, 2.05) is 25.5 Å². The molecule has 7 nitrogen and oxygen atoms in total. The number of hydrogen-bond donors (Lipinski definition) is 1. The molecule has 2 aromatic rings. The van der Waals surface area contributed by atoms with Crippen molar-refractivity contribution >= 4 is 17.3 Å². The van der Waals surface area contributed by atoms with Gasteiger partial charge in [-0.1, -0.05) is 11.6 Å². The van der Waals surface area contributed by atoms with Crippen molar-refractivity contribution in [3.63, 3.8) is 0 Å². The van der Waals surface area contributed by atoms with Gasteiger partial charge in [0.1, 0.15) is 17.2 Å². The molecule has 108 valence electrons. The lowest BCUT2D eigenvalue weighted by Crippen LogP contribution is -2.26. The Labute approximate surface area is 121 Å². The molecule has 20 heavy (non-hydrogen) atoms. The molecule has 0 aliphatic carbocycles. The largest absolute Gasteiger partial charge is 0.382 e. The fraction of sp³-hybridized carbons (Fsp3) is 0.500. The Balaban J connectivity index is 2.05. The molecule has 2 rings (SSSR count). The normalized spacial score (nSPS) is 11.1. The molecule has 0 unspecified atom stereocenters. The summed E-state index contributed by atoms with van der Waals surface area (Å²) >= 11 is 6.07. The molecule has 0 saturated heterocycles. The number of hydrogen-bond acceptors (Lipinski definition) is 5. The van der Waals surface area contributed by atoms with Gasteiger partial charge in [0.25, 0.3) is 5.56 Å². The first kappa shape index (κ1) is 14.5. The minimum absolute atomic E-state index is 0.0207. The number of aromatic nitrogens is 5. The molecule has 0 spiro atoms. The minimum Gasteiger partial charge on any atom is -0.382 e. The highest BCUT2D eigenvalue weighted by Gasteiger charge is 2.11. The van der Waals surface area contributed by atoms with Crippen LogP contribution in [0.2, 0.25) is 5.02 Å². The van der Waals surface area contributed by atoms with Crippen LogP contribution in [-0.2, 0) is 13.5 Å². The van der Waals surface area contributed by atoms with Crippen LogP contribution in [0.15, 0.2) is 17.3 Å². The van der Waals surface area contributed by atoms with Crippen molar-refractivity contribution in [2.45, 2.75) is 26.3 Å². The third kappa shape index (κ3) is 2.98. The fourth-order valence-electron chi connectivity index (χ4n) is 1.78. The van der Waals surface area contributed by atoms with Crippen LogP contribution in [0.4, 0.5) is 5.69 Å². The lowest BCUT2D eigenvalue weighted by Gasteiger charge is -2.12. The molecule has 0 aliphatic rings. The van der Waals surface area contributed by atoms with Crippen LogP contribution in [-0.4, -0.2) is 31.1 Å². The Morgan fingerprint density at radius 3 is 2.80 bits per heavy atom. The second kappa shape index (κ2) is 6.04. The zero-order valence-electron chi connectivity index (χ0n) is 11.7. The van der Waals surface area contributed by atoms with E-state index >= 15 is 0 Å². The van der Waals surface area contributed by atoms with Crippen molar-refractivity contribution in [2.24, 2.45) is 7.05 Å². The first-order valence-corrected chi connectivity index (χ1v) is 6.72. The van der Waals surface area contributed by atoms with Crippen molar-refractivity contribution in [1.82, 2.24) is 24.5 Å². The molecule has 0 aliphatic heterocycles. The highest BCUT2D eigenvalue weighted by Crippen LogP contribution is 2.16. The zero-order valence-corrected chi connectivity index (χ0v) is 12.4. The summed E-state index contributed by atoms with van der Waals surface area (Å²) in [5.41, 5.74) is 0.251. The molecule has 0 atom stereocenters. The smallest absolute Gasteiger partial charge is 0.287 e. The number of halogens is 1. The quantitative estimate of drug-likeness (QED) is 0.899. The van der Waals surface area contributed by atoms with Crippen LogP contribution in [0.5, 0.6) is 0 Å². The first-order valence-electron chi connectivity index (χ1n) is 6.34. The van der Waals surface area contributed by atoms with Gasteiger partial charge in [0, 0.05) is 20.0 Å². The summed E-state index contributed by atoms with van der Waals surface area (Å²) in [6.07, 6.45) is 3.90. The molecule has 0 amide bonds. The van der Waals surface area contributed by atoms with Crippen LogP contribution in [0, 0.1) is 0 Å². The number of nitrogens with zero attached hydrogens (tertiary/aromatic N) is 5. The van der Waals surface area contributed by atoms with Crippen molar-refractivity contribution in [1.29, 1.82) is 0 Å². The van der Waals surface area contributed by atoms with Gasteiger partial charge in [-0.25, -0.2) is 4.68 Å². The number of rotatable bonds is 5. The van der Waals surface area contributed by atoms with Crippen LogP contribution >= 0.6 is 11.6 Å². The minimum atomic E-state index is -0.287. The molecule has 2 heterocycles. The average Bonchev–Trinajstić information content (AvgIpc) is 2.80. The summed E-state index contributed by atoms with van der Waals surface area (Å²) in [5, 5.41) is 15.1. The molecular formula is C12H17ClN6O. The summed E-state index contributed by atoms with van der Waals surface area (Å²) in [6, 6.07) is -0.0207. The predicted molar refractivity (Wildman–Crippen MR) is 77.1 cm³/mol. The Hall–Kier alpha value is -1.89. The van der Waals surface area contributed by atoms with E-state index in [-0.39, 0.29) is 16.6 Å². The lowest BCUT2D eigenvalue weighted by molar-refractivity contribution is 0.503. The van der Waals surface area contributed by atoms with E-state index in [2.05, 4.69) is 20.6 Å². The fourth-order valence-corrected chi connectivity index (χ4v) is 1.98. The van der Waals surface area contributed by atoms with E-state index in [4.69, 9.17) is 11.6 Å². The summed E-state index contributed by atoms with van der Waals surface area (Å²) in [4.78, 5) is 12.0. The highest BCUT2D eigenvalue weighted by atomic mass is 35.5. The van der Waals surface area contributed by atoms with Crippen molar-refractivity contribution in [3.8, 4) is 0 Å². The second-order valence-electron chi connectivity index (χ2n) is 4.75. The van der Waals surface area contributed by atoms with Gasteiger partial charge in [0.2, 0.25) is 0 Å².